The fourth-order valence-electron chi connectivity index (χ4n) is 0.462. The van der Waals surface area contributed by atoms with Crippen molar-refractivity contribution in [2.75, 3.05) is 26.3 Å². The van der Waals surface area contributed by atoms with Crippen LogP contribution in [-0.4, -0.2) is 26.3 Å². The molecule has 3 heteroatoms. The van der Waals surface area contributed by atoms with Gasteiger partial charge in [-0.25, -0.2) is 0 Å². The molecule has 0 aliphatic carbocycles. The van der Waals surface area contributed by atoms with Gasteiger partial charge in [-0.05, 0) is 19.4 Å². The van der Waals surface area contributed by atoms with Gasteiger partial charge < -0.3 is 10.5 Å². The van der Waals surface area contributed by atoms with Crippen LogP contribution in [0, 0.1) is 0 Å². The first-order chi connectivity index (χ1) is 4.41. The van der Waals surface area contributed by atoms with E-state index in [2.05, 4.69) is 0 Å². The average Bonchev–Trinajstić information content (AvgIpc) is 1.89. The summed E-state index contributed by atoms with van der Waals surface area (Å²) in [6, 6.07) is 0. The van der Waals surface area contributed by atoms with Crippen LogP contribution in [0.4, 0.5) is 0 Å². The molecule has 9 heavy (non-hydrogen) atoms. The van der Waals surface area contributed by atoms with E-state index in [1.807, 2.05) is 0 Å². The van der Waals surface area contributed by atoms with Crippen LogP contribution in [-0.2, 0) is 4.74 Å². The molecule has 0 aromatic rings. The van der Waals surface area contributed by atoms with Crippen molar-refractivity contribution in [3.63, 3.8) is 0 Å². The molecule has 0 aliphatic rings. The van der Waals surface area contributed by atoms with Gasteiger partial charge in [-0.15, -0.1) is 0 Å². The van der Waals surface area contributed by atoms with E-state index in [-0.39, 0.29) is 0 Å². The first-order valence-corrected chi connectivity index (χ1v) is 3.34. The monoisotopic (exact) mass is 131 g/mol. The predicted octanol–water partition coefficient (Wildman–Crippen LogP) is 0.0248. The van der Waals surface area contributed by atoms with Gasteiger partial charge in [0, 0.05) is 19.8 Å². The third-order valence-electron chi connectivity index (χ3n) is 0.958. The fourth-order valence-corrected chi connectivity index (χ4v) is 0.462. The van der Waals surface area contributed by atoms with Crippen LogP contribution in [0.5, 0.6) is 0 Å². The molecule has 0 aromatic heterocycles. The molecule has 0 unspecified atom stereocenters. The van der Waals surface area contributed by atoms with Crippen LogP contribution in [0.2, 0.25) is 0 Å². The standard InChI is InChI=1S/C6H15N2O/c7-3-1-5-9-6-2-4-8/h7H,1-6,8H2. The van der Waals surface area contributed by atoms with Gasteiger partial charge in [0.2, 0.25) is 0 Å². The molecule has 0 saturated heterocycles. The van der Waals surface area contributed by atoms with Crippen LogP contribution >= 0.6 is 0 Å². The Balaban J connectivity index is 2.60. The van der Waals surface area contributed by atoms with Crippen LogP contribution in [0.25, 0.3) is 0 Å². The molecule has 0 fully saturated rings. The van der Waals surface area contributed by atoms with E-state index in [0.717, 1.165) is 19.4 Å². The van der Waals surface area contributed by atoms with E-state index in [4.69, 9.17) is 16.2 Å². The molecule has 0 spiro atoms. The van der Waals surface area contributed by atoms with E-state index in [9.17, 15) is 0 Å². The van der Waals surface area contributed by atoms with E-state index in [1.54, 1.807) is 0 Å². The Morgan fingerprint density at radius 3 is 2.44 bits per heavy atom. The smallest absolute Gasteiger partial charge is 0.0478 e. The van der Waals surface area contributed by atoms with Crippen molar-refractivity contribution in [2.24, 2.45) is 5.73 Å². The highest BCUT2D eigenvalue weighted by Gasteiger charge is 1.84. The van der Waals surface area contributed by atoms with Crippen LogP contribution in [0.15, 0.2) is 0 Å². The first kappa shape index (κ1) is 8.88. The van der Waals surface area contributed by atoms with Crippen LogP contribution in [0.3, 0.4) is 0 Å². The van der Waals surface area contributed by atoms with Crippen LogP contribution in [0.1, 0.15) is 12.8 Å². The first-order valence-electron chi connectivity index (χ1n) is 3.34. The number of nitrogens with one attached hydrogen (secondary N) is 1. The van der Waals surface area contributed by atoms with Crippen molar-refractivity contribution >= 4 is 0 Å². The van der Waals surface area contributed by atoms with Gasteiger partial charge in [0.1, 0.15) is 0 Å². The number of nitrogens with two attached hydrogens (primary N) is 1. The third kappa shape index (κ3) is 7.88. The highest BCUT2D eigenvalue weighted by atomic mass is 16.5. The minimum absolute atomic E-state index is 0.461. The van der Waals surface area contributed by atoms with Gasteiger partial charge in [-0.1, -0.05) is 0 Å². The second-order valence-corrected chi connectivity index (χ2v) is 1.86. The molecule has 0 rings (SSSR count). The Bertz CT molecular complexity index is 44.3. The predicted molar refractivity (Wildman–Crippen MR) is 37.1 cm³/mol. The quantitative estimate of drug-likeness (QED) is 0.517. The average molecular weight is 131 g/mol. The minimum Gasteiger partial charge on any atom is -0.381 e. The molecule has 0 amide bonds. The van der Waals surface area contributed by atoms with Crippen molar-refractivity contribution in [3.8, 4) is 0 Å². The molecule has 3 N–H and O–H groups in total. The van der Waals surface area contributed by atoms with Gasteiger partial charge in [0.15, 0.2) is 0 Å². The normalized spacial score (nSPS) is 10.0. The fraction of sp³-hybridized carbons (Fsp3) is 1.00. The van der Waals surface area contributed by atoms with Crippen LogP contribution < -0.4 is 11.5 Å². The molecule has 0 bridgehead atoms. The van der Waals surface area contributed by atoms with Crippen molar-refractivity contribution in [2.45, 2.75) is 12.8 Å². The van der Waals surface area contributed by atoms with Gasteiger partial charge in [0.05, 0.1) is 0 Å². The van der Waals surface area contributed by atoms with Crippen molar-refractivity contribution in [3.05, 3.63) is 0 Å². The van der Waals surface area contributed by atoms with E-state index in [1.165, 1.54) is 0 Å². The minimum atomic E-state index is 0.461. The van der Waals surface area contributed by atoms with Gasteiger partial charge in [0.25, 0.3) is 0 Å². The number of ether oxygens (including phenoxy) is 1. The molecule has 0 atom stereocenters. The van der Waals surface area contributed by atoms with Crippen molar-refractivity contribution in [1.82, 2.24) is 5.73 Å². The molecule has 0 saturated carbocycles. The summed E-state index contributed by atoms with van der Waals surface area (Å²) in [6.45, 7) is 2.61. The molecule has 0 heterocycles. The highest BCUT2D eigenvalue weighted by Crippen LogP contribution is 1.82. The highest BCUT2D eigenvalue weighted by molar-refractivity contribution is 4.37. The number of rotatable bonds is 6. The lowest BCUT2D eigenvalue weighted by Crippen LogP contribution is -2.05. The molecule has 55 valence electrons. The summed E-state index contributed by atoms with van der Waals surface area (Å²) in [7, 11) is 0. The zero-order chi connectivity index (χ0) is 6.95. The Labute approximate surface area is 56.4 Å². The van der Waals surface area contributed by atoms with E-state index < -0.39 is 0 Å². The summed E-state index contributed by atoms with van der Waals surface area (Å²) >= 11 is 0. The summed E-state index contributed by atoms with van der Waals surface area (Å²) in [5, 5.41) is 0. The lowest BCUT2D eigenvalue weighted by molar-refractivity contribution is 0.132. The molecular weight excluding hydrogens is 116 g/mol. The lowest BCUT2D eigenvalue weighted by Gasteiger charge is -1.99. The maximum absolute atomic E-state index is 6.78. The molecule has 0 aromatic carbocycles. The van der Waals surface area contributed by atoms with E-state index in [0.29, 0.717) is 19.7 Å². The second-order valence-electron chi connectivity index (χ2n) is 1.86. The molecule has 1 radical (unpaired) electrons. The molecule has 3 nitrogen and oxygen atoms in total. The van der Waals surface area contributed by atoms with Gasteiger partial charge >= 0.3 is 0 Å². The summed E-state index contributed by atoms with van der Waals surface area (Å²) < 4.78 is 5.11. The van der Waals surface area contributed by atoms with Crippen molar-refractivity contribution < 1.29 is 4.74 Å². The molecule has 0 aliphatic heterocycles. The largest absolute Gasteiger partial charge is 0.381 e. The van der Waals surface area contributed by atoms with Gasteiger partial charge in [-0.2, -0.15) is 0 Å². The summed E-state index contributed by atoms with van der Waals surface area (Å²) in [4.78, 5) is 0. The summed E-state index contributed by atoms with van der Waals surface area (Å²) in [5.74, 6) is 0. The SMILES string of the molecule is [NH]CCCOCCCN. The third-order valence-corrected chi connectivity index (χ3v) is 0.958. The van der Waals surface area contributed by atoms with E-state index >= 15 is 0 Å². The van der Waals surface area contributed by atoms with Gasteiger partial charge in [-0.3, -0.25) is 5.73 Å². The summed E-state index contributed by atoms with van der Waals surface area (Å²) in [6.07, 6.45) is 1.77. The Hall–Kier alpha value is -0.120. The number of hydrogen-bond acceptors (Lipinski definition) is 2. The second kappa shape index (κ2) is 7.88. The Morgan fingerprint density at radius 1 is 1.22 bits per heavy atom. The maximum atomic E-state index is 6.78. The topological polar surface area (TPSA) is 59.0 Å². The zero-order valence-electron chi connectivity index (χ0n) is 5.73. The summed E-state index contributed by atoms with van der Waals surface area (Å²) in [5.41, 5.74) is 12.0. The van der Waals surface area contributed by atoms with Crippen molar-refractivity contribution in [1.29, 1.82) is 0 Å². The molecular formula is C6H15N2O. The Morgan fingerprint density at radius 2 is 1.89 bits per heavy atom. The maximum Gasteiger partial charge on any atom is 0.0478 e. The number of hydrogen-bond donors (Lipinski definition) is 1. The zero-order valence-corrected chi connectivity index (χ0v) is 5.73. The Kier molecular flexibility index (Phi) is 7.77. The lowest BCUT2D eigenvalue weighted by atomic mass is 10.4.